The minimum absolute atomic E-state index is 0.556. The van der Waals surface area contributed by atoms with E-state index >= 15 is 0 Å². The number of hydrogen-bond acceptors (Lipinski definition) is 3. The van der Waals surface area contributed by atoms with Gasteiger partial charge in [-0.15, -0.1) is 0 Å². The van der Waals surface area contributed by atoms with Crippen LogP contribution in [0, 0.1) is 0 Å². The third-order valence-electron chi connectivity index (χ3n) is 2.39. The summed E-state index contributed by atoms with van der Waals surface area (Å²) in [6, 6.07) is 19.4. The summed E-state index contributed by atoms with van der Waals surface area (Å²) in [4.78, 5) is 10.4. The zero-order chi connectivity index (χ0) is 11.9. The van der Waals surface area contributed by atoms with Crippen LogP contribution in [0.1, 0.15) is 5.56 Å². The van der Waals surface area contributed by atoms with Crippen LogP contribution < -0.4 is 5.01 Å². The Hall–Kier alpha value is -2.38. The lowest BCUT2D eigenvalue weighted by atomic mass is 10.2. The summed E-state index contributed by atoms with van der Waals surface area (Å²) in [5.41, 5.74) is 1.97. The molecule has 3 nitrogen and oxygen atoms in total. The Balaban J connectivity index is 2.22. The van der Waals surface area contributed by atoms with Crippen molar-refractivity contribution in [1.29, 1.82) is 0 Å². The number of para-hydroxylation sites is 1. The molecule has 17 heavy (non-hydrogen) atoms. The van der Waals surface area contributed by atoms with E-state index in [-0.39, 0.29) is 0 Å². The van der Waals surface area contributed by atoms with Crippen molar-refractivity contribution in [2.45, 2.75) is 6.54 Å². The smallest absolute Gasteiger partial charge is 0.250 e. The van der Waals surface area contributed by atoms with E-state index in [1.54, 1.807) is 11.1 Å². The first-order chi connectivity index (χ1) is 8.40. The molecule has 2 aromatic rings. The molecule has 0 aromatic heterocycles. The van der Waals surface area contributed by atoms with Crippen molar-refractivity contribution in [3.8, 4) is 0 Å². The highest BCUT2D eigenvalue weighted by atomic mass is 16.1. The summed E-state index contributed by atoms with van der Waals surface area (Å²) < 4.78 is 0. The fraction of sp³-hybridized carbons (Fsp3) is 0.0714. The van der Waals surface area contributed by atoms with Crippen LogP contribution in [0.3, 0.4) is 0 Å². The van der Waals surface area contributed by atoms with Crippen LogP contribution in [0.15, 0.2) is 65.8 Å². The van der Waals surface area contributed by atoms with E-state index in [1.165, 1.54) is 0 Å². The molecule has 0 saturated carbocycles. The van der Waals surface area contributed by atoms with E-state index < -0.39 is 0 Å². The molecule has 0 heterocycles. The van der Waals surface area contributed by atoms with Gasteiger partial charge in [0.1, 0.15) is 0 Å². The average molecular weight is 224 g/mol. The van der Waals surface area contributed by atoms with Gasteiger partial charge in [-0.3, -0.25) is 5.01 Å². The molecule has 0 bridgehead atoms. The maximum atomic E-state index is 10.4. The van der Waals surface area contributed by atoms with Crippen LogP contribution in [0.4, 0.5) is 5.69 Å². The predicted octanol–water partition coefficient (Wildman–Crippen LogP) is 2.94. The van der Waals surface area contributed by atoms with Gasteiger partial charge in [0.05, 0.1) is 12.2 Å². The molecule has 0 spiro atoms. The molecule has 0 aliphatic heterocycles. The van der Waals surface area contributed by atoms with Crippen LogP contribution >= 0.6 is 0 Å². The lowest BCUT2D eigenvalue weighted by Gasteiger charge is -2.16. The van der Waals surface area contributed by atoms with Crippen molar-refractivity contribution in [2.24, 2.45) is 5.10 Å². The minimum atomic E-state index is 0.556. The average Bonchev–Trinajstić information content (AvgIpc) is 2.40. The summed E-state index contributed by atoms with van der Waals surface area (Å²) in [6.45, 7) is 0.556. The molecule has 2 aromatic carbocycles. The predicted molar refractivity (Wildman–Crippen MR) is 67.2 cm³/mol. The van der Waals surface area contributed by atoms with Gasteiger partial charge in [0.15, 0.2) is 0 Å². The lowest BCUT2D eigenvalue weighted by molar-refractivity contribution is 0.561. The molecule has 0 N–H and O–H groups in total. The minimum Gasteiger partial charge on any atom is -0.250 e. The van der Waals surface area contributed by atoms with Gasteiger partial charge in [-0.1, -0.05) is 53.6 Å². The maximum absolute atomic E-state index is 10.4. The molecular formula is C14H12N2O. The summed E-state index contributed by atoms with van der Waals surface area (Å²) in [6.07, 6.45) is 1.59. The zero-order valence-electron chi connectivity index (χ0n) is 9.28. The van der Waals surface area contributed by atoms with E-state index in [9.17, 15) is 4.79 Å². The molecule has 0 aliphatic carbocycles. The van der Waals surface area contributed by atoms with Crippen molar-refractivity contribution in [1.82, 2.24) is 0 Å². The van der Waals surface area contributed by atoms with Crippen LogP contribution in [0.5, 0.6) is 0 Å². The van der Waals surface area contributed by atoms with Crippen molar-refractivity contribution in [2.75, 3.05) is 5.01 Å². The Morgan fingerprint density at radius 1 is 0.941 bits per heavy atom. The fourth-order valence-electron chi connectivity index (χ4n) is 1.59. The molecule has 0 saturated heterocycles. The molecular weight excluding hydrogens is 212 g/mol. The van der Waals surface area contributed by atoms with Crippen molar-refractivity contribution >= 4 is 11.8 Å². The second-order valence-corrected chi connectivity index (χ2v) is 3.57. The first kappa shape index (κ1) is 11.1. The highest BCUT2D eigenvalue weighted by Crippen LogP contribution is 2.16. The Kier molecular flexibility index (Phi) is 3.68. The molecule has 0 unspecified atom stereocenters. The second-order valence-electron chi connectivity index (χ2n) is 3.57. The largest absolute Gasteiger partial charge is 0.258 e. The number of rotatable bonds is 4. The van der Waals surface area contributed by atoms with E-state index in [4.69, 9.17) is 0 Å². The fourth-order valence-corrected chi connectivity index (χ4v) is 1.59. The van der Waals surface area contributed by atoms with E-state index in [0.29, 0.717) is 6.54 Å². The Morgan fingerprint density at radius 2 is 1.53 bits per heavy atom. The number of benzene rings is 2. The summed E-state index contributed by atoms with van der Waals surface area (Å²) in [5.74, 6) is 0. The molecule has 0 fully saturated rings. The van der Waals surface area contributed by atoms with Crippen molar-refractivity contribution < 1.29 is 4.79 Å². The number of hydrazone groups is 1. The van der Waals surface area contributed by atoms with E-state index in [1.807, 2.05) is 60.7 Å². The van der Waals surface area contributed by atoms with Crippen LogP contribution in [0.25, 0.3) is 0 Å². The number of nitrogens with zero attached hydrogens (tertiary/aromatic N) is 2. The first-order valence-corrected chi connectivity index (χ1v) is 5.34. The van der Waals surface area contributed by atoms with Crippen molar-refractivity contribution in [3.05, 3.63) is 66.2 Å². The van der Waals surface area contributed by atoms with Gasteiger partial charge in [0.25, 0.3) is 6.08 Å². The number of anilines is 1. The van der Waals surface area contributed by atoms with Gasteiger partial charge >= 0.3 is 0 Å². The van der Waals surface area contributed by atoms with E-state index in [2.05, 4.69) is 5.10 Å². The Bertz CT molecular complexity index is 504. The summed E-state index contributed by atoms with van der Waals surface area (Å²) in [7, 11) is 0. The lowest BCUT2D eigenvalue weighted by Crippen LogP contribution is -2.15. The highest BCUT2D eigenvalue weighted by molar-refractivity contribution is 5.49. The molecule has 0 atom stereocenters. The van der Waals surface area contributed by atoms with E-state index in [0.717, 1.165) is 11.3 Å². The summed E-state index contributed by atoms with van der Waals surface area (Å²) in [5, 5.41) is 5.34. The molecule has 2 rings (SSSR count). The highest BCUT2D eigenvalue weighted by Gasteiger charge is 2.04. The third kappa shape index (κ3) is 3.03. The zero-order valence-corrected chi connectivity index (χ0v) is 9.28. The number of hydrogen-bond donors (Lipinski definition) is 0. The standard InChI is InChI=1S/C14H12N2O/c17-12-15-16(14-9-5-2-6-10-14)11-13-7-3-1-4-8-13/h1-10H,11H2. The monoisotopic (exact) mass is 224 g/mol. The molecule has 0 aliphatic rings. The van der Waals surface area contributed by atoms with Gasteiger partial charge in [-0.25, -0.2) is 4.79 Å². The molecule has 84 valence electrons. The maximum Gasteiger partial charge on any atom is 0.258 e. The van der Waals surface area contributed by atoms with Gasteiger partial charge in [-0.05, 0) is 17.7 Å². The van der Waals surface area contributed by atoms with Crippen LogP contribution in [-0.2, 0) is 11.3 Å². The van der Waals surface area contributed by atoms with Crippen LogP contribution in [0.2, 0.25) is 0 Å². The second kappa shape index (κ2) is 5.64. The van der Waals surface area contributed by atoms with Gasteiger partial charge < -0.3 is 0 Å². The van der Waals surface area contributed by atoms with Crippen molar-refractivity contribution in [3.63, 3.8) is 0 Å². The molecule has 0 radical (unpaired) electrons. The Labute approximate surface area is 100 Å². The van der Waals surface area contributed by atoms with Gasteiger partial charge in [0, 0.05) is 0 Å². The van der Waals surface area contributed by atoms with Crippen LogP contribution in [-0.4, -0.2) is 6.08 Å². The van der Waals surface area contributed by atoms with Gasteiger partial charge in [0.2, 0.25) is 0 Å². The molecule has 0 amide bonds. The molecule has 3 heteroatoms. The third-order valence-corrected chi connectivity index (χ3v) is 2.39. The first-order valence-electron chi connectivity index (χ1n) is 5.34. The quantitative estimate of drug-likeness (QED) is 0.454. The topological polar surface area (TPSA) is 32.7 Å². The normalized spacial score (nSPS) is 9.41. The Morgan fingerprint density at radius 3 is 2.12 bits per heavy atom. The summed E-state index contributed by atoms with van der Waals surface area (Å²) >= 11 is 0. The van der Waals surface area contributed by atoms with Gasteiger partial charge in [-0.2, -0.15) is 0 Å². The SMILES string of the molecule is O=C=NN(Cc1ccccc1)c1ccccc1. The number of isocyanates is 1. The number of carbonyl (C=O) groups excluding carboxylic acids is 1.